The Balaban J connectivity index is 1.74. The van der Waals surface area contributed by atoms with Gasteiger partial charge >= 0.3 is 0 Å². The molecule has 0 amide bonds. The number of oxazole rings is 1. The molecule has 0 aliphatic heterocycles. The van der Waals surface area contributed by atoms with Gasteiger partial charge in [0.25, 0.3) is 0 Å². The van der Waals surface area contributed by atoms with Gasteiger partial charge in [-0.2, -0.15) is 0 Å². The number of nitrogens with one attached hydrogen (secondary N) is 1. The largest absolute Gasteiger partial charge is 0.444 e. The lowest BCUT2D eigenvalue weighted by atomic mass is 10.0. The van der Waals surface area contributed by atoms with Crippen molar-refractivity contribution in [2.75, 3.05) is 7.05 Å². The molecule has 1 aromatic heterocycles. The Kier molecular flexibility index (Phi) is 2.51. The topological polar surface area (TPSA) is 38.1 Å². The van der Waals surface area contributed by atoms with Crippen LogP contribution < -0.4 is 5.32 Å². The average molecular weight is 220 g/mol. The minimum atomic E-state index is 0.217. The summed E-state index contributed by atoms with van der Waals surface area (Å²) in [7, 11) is 1.94. The fraction of sp³-hybridized carbons (Fsp3) is 0.769. The van der Waals surface area contributed by atoms with E-state index in [0.717, 1.165) is 23.5 Å². The van der Waals surface area contributed by atoms with Crippen molar-refractivity contribution in [2.45, 2.75) is 44.6 Å². The van der Waals surface area contributed by atoms with Crippen molar-refractivity contribution in [3.05, 3.63) is 17.8 Å². The first-order valence-corrected chi connectivity index (χ1v) is 6.44. The summed E-state index contributed by atoms with van der Waals surface area (Å²) in [6.45, 7) is 2.08. The Morgan fingerprint density at radius 2 is 2.06 bits per heavy atom. The Hall–Kier alpha value is -0.830. The zero-order chi connectivity index (χ0) is 11.1. The van der Waals surface area contributed by atoms with Gasteiger partial charge in [-0.25, -0.2) is 4.98 Å². The molecule has 2 fully saturated rings. The highest BCUT2D eigenvalue weighted by Crippen LogP contribution is 2.61. The average Bonchev–Trinajstić information content (AvgIpc) is 2.86. The third-order valence-electron chi connectivity index (χ3n) is 4.33. The molecule has 1 aromatic rings. The van der Waals surface area contributed by atoms with Crippen LogP contribution in [0.4, 0.5) is 0 Å². The molecule has 3 rings (SSSR count). The molecule has 3 atom stereocenters. The van der Waals surface area contributed by atoms with Gasteiger partial charge in [-0.3, -0.25) is 0 Å². The Morgan fingerprint density at radius 1 is 1.38 bits per heavy atom. The maximum Gasteiger partial charge on any atom is 0.211 e. The van der Waals surface area contributed by atoms with Gasteiger partial charge in [-0.05, 0) is 38.6 Å². The van der Waals surface area contributed by atoms with Crippen molar-refractivity contribution in [3.8, 4) is 0 Å². The predicted octanol–water partition coefficient (Wildman–Crippen LogP) is 2.86. The first kappa shape index (κ1) is 10.3. The monoisotopic (exact) mass is 220 g/mol. The van der Waals surface area contributed by atoms with E-state index < -0.39 is 0 Å². The Bertz CT molecular complexity index is 362. The number of hydrogen-bond acceptors (Lipinski definition) is 3. The van der Waals surface area contributed by atoms with E-state index in [9.17, 15) is 0 Å². The maximum absolute atomic E-state index is 5.88. The minimum absolute atomic E-state index is 0.217. The fourth-order valence-electron chi connectivity index (χ4n) is 3.19. The lowest BCUT2D eigenvalue weighted by Crippen LogP contribution is -2.12. The van der Waals surface area contributed by atoms with Crippen LogP contribution in [0.5, 0.6) is 0 Å². The Morgan fingerprint density at radius 3 is 2.69 bits per heavy atom. The molecule has 3 unspecified atom stereocenters. The molecule has 16 heavy (non-hydrogen) atoms. The minimum Gasteiger partial charge on any atom is -0.444 e. The summed E-state index contributed by atoms with van der Waals surface area (Å²) in [6.07, 6.45) is 7.56. The standard InChI is InChI=1S/C13H20N2O/c1-8(14-2)13-15-7-11(16-13)12-9-5-3-4-6-10(9)12/h7-10,12,14H,3-6H2,1-2H3. The van der Waals surface area contributed by atoms with Crippen LogP contribution in [0.3, 0.4) is 0 Å². The molecule has 2 saturated carbocycles. The van der Waals surface area contributed by atoms with Crippen LogP contribution >= 0.6 is 0 Å². The summed E-state index contributed by atoms with van der Waals surface area (Å²) >= 11 is 0. The summed E-state index contributed by atoms with van der Waals surface area (Å²) in [4.78, 5) is 4.38. The van der Waals surface area contributed by atoms with E-state index in [4.69, 9.17) is 4.42 Å². The van der Waals surface area contributed by atoms with Crippen molar-refractivity contribution in [1.82, 2.24) is 10.3 Å². The van der Waals surface area contributed by atoms with E-state index in [0.29, 0.717) is 5.92 Å². The number of fused-ring (bicyclic) bond motifs is 1. The zero-order valence-electron chi connectivity index (χ0n) is 10.1. The molecule has 0 bridgehead atoms. The molecular formula is C13H20N2O. The second kappa shape index (κ2) is 3.88. The first-order chi connectivity index (χ1) is 7.81. The van der Waals surface area contributed by atoms with Gasteiger partial charge in [0.05, 0.1) is 12.2 Å². The Labute approximate surface area is 96.6 Å². The quantitative estimate of drug-likeness (QED) is 0.851. The summed E-state index contributed by atoms with van der Waals surface area (Å²) in [6, 6.07) is 0.217. The van der Waals surface area contributed by atoms with Gasteiger partial charge in [-0.15, -0.1) is 0 Å². The molecule has 3 heteroatoms. The van der Waals surface area contributed by atoms with Gasteiger partial charge in [0.15, 0.2) is 0 Å². The van der Waals surface area contributed by atoms with E-state index in [1.165, 1.54) is 25.7 Å². The molecule has 1 N–H and O–H groups in total. The highest BCUT2D eigenvalue weighted by atomic mass is 16.4. The molecule has 2 aliphatic rings. The fourth-order valence-corrected chi connectivity index (χ4v) is 3.19. The molecule has 0 spiro atoms. The molecular weight excluding hydrogens is 200 g/mol. The van der Waals surface area contributed by atoms with Crippen LogP contribution in [0.15, 0.2) is 10.6 Å². The molecule has 88 valence electrons. The third kappa shape index (κ3) is 1.58. The van der Waals surface area contributed by atoms with Gasteiger partial charge in [0.1, 0.15) is 5.76 Å². The van der Waals surface area contributed by atoms with E-state index in [1.54, 1.807) is 0 Å². The van der Waals surface area contributed by atoms with Crippen molar-refractivity contribution in [2.24, 2.45) is 11.8 Å². The molecule has 0 saturated heterocycles. The van der Waals surface area contributed by atoms with Gasteiger partial charge in [0, 0.05) is 5.92 Å². The number of aromatic nitrogens is 1. The van der Waals surface area contributed by atoms with Crippen LogP contribution in [-0.2, 0) is 0 Å². The summed E-state index contributed by atoms with van der Waals surface area (Å²) in [5.74, 6) is 4.46. The lowest BCUT2D eigenvalue weighted by molar-refractivity contribution is 0.403. The number of hydrogen-bond donors (Lipinski definition) is 1. The second-order valence-corrected chi connectivity index (χ2v) is 5.25. The molecule has 0 aromatic carbocycles. The van der Waals surface area contributed by atoms with Crippen LogP contribution in [0.25, 0.3) is 0 Å². The normalized spacial score (nSPS) is 34.5. The predicted molar refractivity (Wildman–Crippen MR) is 62.2 cm³/mol. The molecule has 2 aliphatic carbocycles. The van der Waals surface area contributed by atoms with Crippen molar-refractivity contribution in [3.63, 3.8) is 0 Å². The van der Waals surface area contributed by atoms with Crippen LogP contribution in [0, 0.1) is 11.8 Å². The van der Waals surface area contributed by atoms with Crippen molar-refractivity contribution < 1.29 is 4.42 Å². The smallest absolute Gasteiger partial charge is 0.211 e. The molecule has 0 radical (unpaired) electrons. The van der Waals surface area contributed by atoms with Crippen LogP contribution in [0.2, 0.25) is 0 Å². The van der Waals surface area contributed by atoms with Gasteiger partial charge in [-0.1, -0.05) is 12.8 Å². The molecule has 1 heterocycles. The van der Waals surface area contributed by atoms with E-state index in [2.05, 4.69) is 17.2 Å². The van der Waals surface area contributed by atoms with E-state index >= 15 is 0 Å². The van der Waals surface area contributed by atoms with Crippen LogP contribution in [0.1, 0.15) is 56.2 Å². The second-order valence-electron chi connectivity index (χ2n) is 5.25. The van der Waals surface area contributed by atoms with E-state index in [-0.39, 0.29) is 6.04 Å². The lowest BCUT2D eigenvalue weighted by Gasteiger charge is -2.04. The van der Waals surface area contributed by atoms with Crippen molar-refractivity contribution >= 4 is 0 Å². The number of rotatable bonds is 3. The SMILES string of the molecule is CNC(C)c1ncc(C2C3CCCCC32)o1. The highest BCUT2D eigenvalue weighted by molar-refractivity contribution is 5.19. The first-order valence-electron chi connectivity index (χ1n) is 6.44. The van der Waals surface area contributed by atoms with Gasteiger partial charge < -0.3 is 9.73 Å². The third-order valence-corrected chi connectivity index (χ3v) is 4.33. The van der Waals surface area contributed by atoms with Crippen molar-refractivity contribution in [1.29, 1.82) is 0 Å². The summed E-state index contributed by atoms with van der Waals surface area (Å²) < 4.78 is 5.88. The van der Waals surface area contributed by atoms with Crippen LogP contribution in [-0.4, -0.2) is 12.0 Å². The molecule has 3 nitrogen and oxygen atoms in total. The summed E-state index contributed by atoms with van der Waals surface area (Å²) in [5, 5.41) is 3.16. The highest BCUT2D eigenvalue weighted by Gasteiger charge is 2.53. The summed E-state index contributed by atoms with van der Waals surface area (Å²) in [5.41, 5.74) is 0. The maximum atomic E-state index is 5.88. The zero-order valence-corrected chi connectivity index (χ0v) is 10.1. The number of nitrogens with zero attached hydrogens (tertiary/aromatic N) is 1. The van der Waals surface area contributed by atoms with E-state index in [1.807, 2.05) is 13.2 Å². The van der Waals surface area contributed by atoms with Gasteiger partial charge in [0.2, 0.25) is 5.89 Å².